The van der Waals surface area contributed by atoms with E-state index in [-0.39, 0.29) is 12.8 Å². The second-order valence-electron chi connectivity index (χ2n) is 7.63. The Morgan fingerprint density at radius 1 is 0.806 bits per heavy atom. The molecule has 13 nitrogen and oxygen atoms in total. The monoisotopic (exact) mass is 447 g/mol. The average molecular weight is 447 g/mol. The fraction of sp³-hybridized carbons (Fsp3) is 0.722. The van der Waals surface area contributed by atoms with Crippen LogP contribution in [0.4, 0.5) is 0 Å². The van der Waals surface area contributed by atoms with Crippen LogP contribution in [0.5, 0.6) is 0 Å². The quantitative estimate of drug-likeness (QED) is 0.140. The van der Waals surface area contributed by atoms with Crippen LogP contribution in [0.15, 0.2) is 0 Å². The summed E-state index contributed by atoms with van der Waals surface area (Å²) in [4.78, 5) is 59.7. The van der Waals surface area contributed by atoms with E-state index in [9.17, 15) is 34.2 Å². The molecule has 0 saturated heterocycles. The Morgan fingerprint density at radius 2 is 1.32 bits per heavy atom. The Bertz CT molecular complexity index is 667. The van der Waals surface area contributed by atoms with Crippen LogP contribution in [-0.4, -0.2) is 81.3 Å². The first-order valence-corrected chi connectivity index (χ1v) is 9.72. The lowest BCUT2D eigenvalue weighted by molar-refractivity contribution is -0.145. The summed E-state index contributed by atoms with van der Waals surface area (Å²) in [5.41, 5.74) is 10.6. The molecule has 0 aliphatic carbocycles. The summed E-state index contributed by atoms with van der Waals surface area (Å²) in [6.07, 6.45) is -3.06. The Morgan fingerprint density at radius 3 is 1.71 bits per heavy atom. The van der Waals surface area contributed by atoms with Crippen molar-refractivity contribution in [3.63, 3.8) is 0 Å². The first kappa shape index (κ1) is 28.2. The molecule has 0 saturated carbocycles. The van der Waals surface area contributed by atoms with Crippen molar-refractivity contribution in [1.82, 2.24) is 16.0 Å². The highest BCUT2D eigenvalue weighted by Gasteiger charge is 2.33. The van der Waals surface area contributed by atoms with Crippen LogP contribution in [0, 0.1) is 5.92 Å². The largest absolute Gasteiger partial charge is 0.480 e. The highest BCUT2D eigenvalue weighted by Crippen LogP contribution is 2.07. The number of carbonyl (C=O) groups is 5. The zero-order valence-electron chi connectivity index (χ0n) is 18.0. The summed E-state index contributed by atoms with van der Waals surface area (Å²) < 4.78 is 0. The third-order valence-electron chi connectivity index (χ3n) is 4.43. The van der Waals surface area contributed by atoms with Crippen molar-refractivity contribution in [1.29, 1.82) is 0 Å². The topological polar surface area (TPSA) is 234 Å². The minimum absolute atomic E-state index is 0.197. The molecule has 0 aliphatic heterocycles. The molecular weight excluding hydrogens is 414 g/mol. The smallest absolute Gasteiger partial charge is 0.328 e. The van der Waals surface area contributed by atoms with Crippen LogP contribution in [-0.2, 0) is 24.0 Å². The second-order valence-corrected chi connectivity index (χ2v) is 7.63. The van der Waals surface area contributed by atoms with Crippen molar-refractivity contribution >= 4 is 29.6 Å². The number of nitrogens with one attached hydrogen (secondary N) is 3. The van der Waals surface area contributed by atoms with Crippen LogP contribution >= 0.6 is 0 Å². The van der Waals surface area contributed by atoms with Crippen molar-refractivity contribution < 1.29 is 39.3 Å². The average Bonchev–Trinajstić information content (AvgIpc) is 2.64. The number of amides is 4. The first-order chi connectivity index (χ1) is 14.2. The number of primary amides is 1. The molecular formula is C18H33N5O8. The van der Waals surface area contributed by atoms with Crippen LogP contribution in [0.3, 0.4) is 0 Å². The van der Waals surface area contributed by atoms with Gasteiger partial charge in [-0.05, 0) is 26.2 Å². The van der Waals surface area contributed by atoms with E-state index < -0.39 is 71.9 Å². The van der Waals surface area contributed by atoms with E-state index in [0.29, 0.717) is 0 Å². The molecule has 0 rings (SSSR count). The lowest BCUT2D eigenvalue weighted by Gasteiger charge is -2.27. The van der Waals surface area contributed by atoms with E-state index in [1.807, 2.05) is 0 Å². The van der Waals surface area contributed by atoms with Crippen LogP contribution < -0.4 is 27.4 Å². The third kappa shape index (κ3) is 9.72. The van der Waals surface area contributed by atoms with E-state index in [4.69, 9.17) is 16.6 Å². The number of rotatable bonds is 13. The third-order valence-corrected chi connectivity index (χ3v) is 4.43. The van der Waals surface area contributed by atoms with Crippen molar-refractivity contribution in [3.05, 3.63) is 0 Å². The van der Waals surface area contributed by atoms with Gasteiger partial charge in [0.1, 0.15) is 18.1 Å². The van der Waals surface area contributed by atoms with Gasteiger partial charge in [-0.15, -0.1) is 0 Å². The predicted octanol–water partition coefficient (Wildman–Crippen LogP) is -3.46. The van der Waals surface area contributed by atoms with Gasteiger partial charge >= 0.3 is 5.97 Å². The molecule has 0 aromatic heterocycles. The summed E-state index contributed by atoms with van der Waals surface area (Å²) in [6, 6.07) is -5.45. The fourth-order valence-corrected chi connectivity index (χ4v) is 2.46. The van der Waals surface area contributed by atoms with Crippen LogP contribution in [0.2, 0.25) is 0 Å². The lowest BCUT2D eigenvalue weighted by atomic mass is 10.0. The van der Waals surface area contributed by atoms with Gasteiger partial charge in [-0.3, -0.25) is 19.2 Å². The number of aliphatic hydroxyl groups excluding tert-OH is 2. The normalized spacial score (nSPS) is 16.9. The number of carboxylic acid groups (broad SMARTS) is 1. The molecule has 31 heavy (non-hydrogen) atoms. The first-order valence-electron chi connectivity index (χ1n) is 9.72. The molecule has 13 heteroatoms. The highest BCUT2D eigenvalue weighted by atomic mass is 16.4. The molecule has 10 N–H and O–H groups in total. The van der Waals surface area contributed by atoms with Gasteiger partial charge in [-0.1, -0.05) is 13.8 Å². The molecule has 0 aromatic rings. The maximum atomic E-state index is 12.7. The molecule has 6 unspecified atom stereocenters. The zero-order valence-corrected chi connectivity index (χ0v) is 18.0. The Hall–Kier alpha value is -2.77. The maximum Gasteiger partial charge on any atom is 0.328 e. The minimum atomic E-state index is -1.60. The van der Waals surface area contributed by atoms with Crippen molar-refractivity contribution in [2.24, 2.45) is 17.4 Å². The van der Waals surface area contributed by atoms with Gasteiger partial charge in [0.25, 0.3) is 0 Å². The van der Waals surface area contributed by atoms with Crippen LogP contribution in [0.25, 0.3) is 0 Å². The van der Waals surface area contributed by atoms with Crippen LogP contribution in [0.1, 0.15) is 40.5 Å². The maximum absolute atomic E-state index is 12.7. The molecule has 4 amide bonds. The lowest BCUT2D eigenvalue weighted by Crippen LogP contribution is -2.60. The van der Waals surface area contributed by atoms with Gasteiger partial charge in [-0.25, -0.2) is 4.79 Å². The van der Waals surface area contributed by atoms with Gasteiger partial charge in [0.15, 0.2) is 6.04 Å². The minimum Gasteiger partial charge on any atom is -0.480 e. The van der Waals surface area contributed by atoms with E-state index in [1.54, 1.807) is 13.8 Å². The molecule has 0 aliphatic rings. The number of carboxylic acids is 1. The van der Waals surface area contributed by atoms with Gasteiger partial charge < -0.3 is 42.7 Å². The van der Waals surface area contributed by atoms with Crippen molar-refractivity contribution in [3.8, 4) is 0 Å². The van der Waals surface area contributed by atoms with E-state index in [0.717, 1.165) is 0 Å². The van der Waals surface area contributed by atoms with Gasteiger partial charge in [0.05, 0.1) is 12.2 Å². The van der Waals surface area contributed by atoms with E-state index in [1.165, 1.54) is 13.8 Å². The molecule has 0 heterocycles. The Balaban J connectivity index is 5.49. The summed E-state index contributed by atoms with van der Waals surface area (Å²) >= 11 is 0. The standard InChI is InChI=1S/C18H33N5O8/c1-7(2)13(17(29)23-14(9(4)25)18(30)31)22-15(27)10(5-6-11(19)26)21-16(28)12(20)8(3)24/h7-10,12-14,24-25H,5-6,20H2,1-4H3,(H2,19,26)(H,21,28)(H,22,27)(H,23,29)(H,30,31). The van der Waals surface area contributed by atoms with Gasteiger partial charge in [0.2, 0.25) is 23.6 Å². The molecule has 0 aromatic carbocycles. The number of hydrogen-bond acceptors (Lipinski definition) is 8. The molecule has 0 spiro atoms. The number of nitrogens with two attached hydrogens (primary N) is 2. The van der Waals surface area contributed by atoms with Gasteiger partial charge in [-0.2, -0.15) is 0 Å². The molecule has 178 valence electrons. The highest BCUT2D eigenvalue weighted by molar-refractivity contribution is 5.94. The van der Waals surface area contributed by atoms with E-state index >= 15 is 0 Å². The predicted molar refractivity (Wildman–Crippen MR) is 108 cm³/mol. The summed E-state index contributed by atoms with van der Waals surface area (Å²) in [5.74, 6) is -5.26. The fourth-order valence-electron chi connectivity index (χ4n) is 2.46. The number of hydrogen-bond donors (Lipinski definition) is 8. The number of carbonyl (C=O) groups excluding carboxylic acids is 4. The molecule has 0 bridgehead atoms. The Labute approximate surface area is 179 Å². The number of aliphatic hydroxyl groups is 2. The molecule has 6 atom stereocenters. The van der Waals surface area contributed by atoms with Crippen molar-refractivity contribution in [2.75, 3.05) is 0 Å². The van der Waals surface area contributed by atoms with Crippen molar-refractivity contribution in [2.45, 2.75) is 76.9 Å². The molecule has 0 radical (unpaired) electrons. The summed E-state index contributed by atoms with van der Waals surface area (Å²) in [7, 11) is 0. The Kier molecular flexibility index (Phi) is 11.7. The summed E-state index contributed by atoms with van der Waals surface area (Å²) in [5, 5.41) is 34.9. The molecule has 0 fully saturated rings. The number of aliphatic carboxylic acids is 1. The summed E-state index contributed by atoms with van der Waals surface area (Å²) in [6.45, 7) is 5.64. The zero-order chi connectivity index (χ0) is 24.5. The second kappa shape index (κ2) is 12.8. The van der Waals surface area contributed by atoms with E-state index in [2.05, 4.69) is 16.0 Å². The SMILES string of the molecule is CC(C)C(NC(=O)C(CCC(N)=O)NC(=O)C(N)C(C)O)C(=O)NC(C(=O)O)C(C)O. The van der Waals surface area contributed by atoms with Gasteiger partial charge in [0, 0.05) is 6.42 Å².